The Morgan fingerprint density at radius 2 is 1.55 bits per heavy atom. The lowest BCUT2D eigenvalue weighted by molar-refractivity contribution is 0.749. The van der Waals surface area contributed by atoms with E-state index >= 15 is 0 Å². The van der Waals surface area contributed by atoms with Crippen molar-refractivity contribution in [2.75, 3.05) is 0 Å². The van der Waals surface area contributed by atoms with Gasteiger partial charge in [-0.15, -0.1) is 0 Å². The van der Waals surface area contributed by atoms with Crippen LogP contribution in [0.1, 0.15) is 19.4 Å². The molecule has 22 heavy (non-hydrogen) atoms. The molecule has 0 spiro atoms. The second-order valence-electron chi connectivity index (χ2n) is 5.74. The summed E-state index contributed by atoms with van der Waals surface area (Å²) in [7, 11) is 0. The molecule has 0 fully saturated rings. The van der Waals surface area contributed by atoms with Crippen LogP contribution in [0.25, 0.3) is 10.9 Å². The van der Waals surface area contributed by atoms with E-state index in [2.05, 4.69) is 64.0 Å². The Morgan fingerprint density at radius 1 is 0.864 bits per heavy atom. The molecule has 0 amide bonds. The summed E-state index contributed by atoms with van der Waals surface area (Å²) >= 11 is 3.49. The summed E-state index contributed by atoms with van der Waals surface area (Å²) in [5, 5.41) is 1.20. The minimum atomic E-state index is 0.0522. The van der Waals surface area contributed by atoms with E-state index in [1.807, 2.05) is 42.6 Å². The normalized spacial score (nSPS) is 14.8. The lowest BCUT2D eigenvalue weighted by atomic mass is 9.87. The Hall–Kier alpha value is -2.00. The lowest BCUT2D eigenvalue weighted by Gasteiger charge is -2.17. The Morgan fingerprint density at radius 3 is 2.32 bits per heavy atom. The van der Waals surface area contributed by atoms with Crippen molar-refractivity contribution >= 4 is 37.1 Å². The van der Waals surface area contributed by atoms with E-state index in [4.69, 9.17) is 0 Å². The van der Waals surface area contributed by atoms with Gasteiger partial charge in [0.1, 0.15) is 0 Å². The highest BCUT2D eigenvalue weighted by Crippen LogP contribution is 2.41. The van der Waals surface area contributed by atoms with Crippen LogP contribution in [-0.2, 0) is 5.41 Å². The van der Waals surface area contributed by atoms with Crippen LogP contribution in [0, 0.1) is 0 Å². The maximum absolute atomic E-state index is 4.44. The van der Waals surface area contributed by atoms with Gasteiger partial charge in [-0.05, 0) is 53.5 Å². The van der Waals surface area contributed by atoms with Gasteiger partial charge in [-0.1, -0.05) is 42.5 Å². The van der Waals surface area contributed by atoms with Crippen LogP contribution in [0.4, 0.5) is 5.69 Å². The number of hydrogen-bond acceptors (Lipinski definition) is 2. The highest BCUT2D eigenvalue weighted by atomic mass is 79.9. The molecule has 2 aromatic carbocycles. The van der Waals surface area contributed by atoms with Crippen molar-refractivity contribution in [3.05, 3.63) is 72.4 Å². The summed E-state index contributed by atoms with van der Waals surface area (Å²) < 4.78 is 1.02. The van der Waals surface area contributed by atoms with Crippen LogP contribution in [0.15, 0.2) is 71.9 Å². The van der Waals surface area contributed by atoms with Crippen molar-refractivity contribution in [2.45, 2.75) is 19.3 Å². The molecule has 1 aromatic heterocycles. The number of aromatic nitrogens is 1. The third-order valence-electron chi connectivity index (χ3n) is 3.82. The molecule has 2 heterocycles. The van der Waals surface area contributed by atoms with E-state index in [9.17, 15) is 0 Å². The van der Waals surface area contributed by atoms with Crippen molar-refractivity contribution < 1.29 is 0 Å². The van der Waals surface area contributed by atoms with E-state index in [0.717, 1.165) is 15.8 Å². The quantitative estimate of drug-likeness (QED) is 0.514. The number of nitrogens with zero attached hydrogens (tertiary/aromatic N) is 2. The van der Waals surface area contributed by atoms with Gasteiger partial charge in [0.2, 0.25) is 0 Å². The molecule has 3 heteroatoms. The number of rotatable bonds is 0. The van der Waals surface area contributed by atoms with Crippen LogP contribution in [0.2, 0.25) is 0 Å². The summed E-state index contributed by atoms with van der Waals surface area (Å²) in [5.74, 6) is 0. The largest absolute Gasteiger partial charge is 0.256 e. The molecule has 110 valence electrons. The number of pyridine rings is 1. The fourth-order valence-corrected chi connectivity index (χ4v) is 2.88. The Labute approximate surface area is 139 Å². The number of benzene rings is 2. The molecule has 2 nitrogen and oxygen atoms in total. The molecule has 0 atom stereocenters. The molecular formula is C19H17BrN2. The summed E-state index contributed by atoms with van der Waals surface area (Å²) in [5.41, 5.74) is 3.51. The minimum Gasteiger partial charge on any atom is -0.256 e. The number of fused-ring (bicyclic) bond motifs is 2. The number of para-hydroxylation sites is 2. The second-order valence-corrected chi connectivity index (χ2v) is 6.49. The van der Waals surface area contributed by atoms with Gasteiger partial charge in [0.15, 0.2) is 0 Å². The minimum absolute atomic E-state index is 0.0522. The van der Waals surface area contributed by atoms with Crippen molar-refractivity contribution in [1.82, 2.24) is 4.98 Å². The zero-order valence-electron chi connectivity index (χ0n) is 12.6. The maximum Gasteiger partial charge on any atom is 0.0937 e. The van der Waals surface area contributed by atoms with E-state index in [0.29, 0.717) is 0 Å². The zero-order valence-corrected chi connectivity index (χ0v) is 14.2. The predicted molar refractivity (Wildman–Crippen MR) is 97.2 cm³/mol. The monoisotopic (exact) mass is 352 g/mol. The molecule has 1 aliphatic heterocycles. The molecule has 4 rings (SSSR count). The van der Waals surface area contributed by atoms with Crippen LogP contribution in [0.5, 0.6) is 0 Å². The molecule has 0 aliphatic carbocycles. The zero-order chi connectivity index (χ0) is 15.6. The second kappa shape index (κ2) is 6.01. The van der Waals surface area contributed by atoms with Gasteiger partial charge in [0.05, 0.1) is 15.8 Å². The van der Waals surface area contributed by atoms with Crippen molar-refractivity contribution in [3.8, 4) is 0 Å². The first-order chi connectivity index (χ1) is 10.6. The van der Waals surface area contributed by atoms with Gasteiger partial charge in [0.25, 0.3) is 0 Å². The highest BCUT2D eigenvalue weighted by molar-refractivity contribution is 9.18. The first kappa shape index (κ1) is 14.9. The number of hydrogen-bond donors (Lipinski definition) is 0. The van der Waals surface area contributed by atoms with Gasteiger partial charge >= 0.3 is 0 Å². The average molecular weight is 353 g/mol. The lowest BCUT2D eigenvalue weighted by Crippen LogP contribution is -2.20. The van der Waals surface area contributed by atoms with E-state index < -0.39 is 0 Å². The summed E-state index contributed by atoms with van der Waals surface area (Å²) in [4.78, 5) is 8.62. The predicted octanol–water partition coefficient (Wildman–Crippen LogP) is 5.64. The van der Waals surface area contributed by atoms with Crippen molar-refractivity contribution in [2.24, 2.45) is 4.99 Å². The summed E-state index contributed by atoms with van der Waals surface area (Å²) in [6, 6.07) is 20.3. The Balaban J connectivity index is 0.000000133. The average Bonchev–Trinajstić information content (AvgIpc) is 2.78. The standard InChI is InChI=1S/C10H10BrN.C9H7N/c1-10(2)7-5-3-4-6-8(7)12-9(10)11;1-2-6-9-8(4-1)5-3-7-10-9/h3-6H,1-2H3;1-7H. The molecule has 0 unspecified atom stereocenters. The Kier molecular flexibility index (Phi) is 4.08. The fourth-order valence-electron chi connectivity index (χ4n) is 2.47. The summed E-state index contributed by atoms with van der Waals surface area (Å²) in [6.07, 6.45) is 1.81. The van der Waals surface area contributed by atoms with Gasteiger partial charge in [-0.2, -0.15) is 0 Å². The Bertz CT molecular complexity index is 772. The third-order valence-corrected chi connectivity index (χ3v) is 4.99. The molecule has 0 radical (unpaired) electrons. The van der Waals surface area contributed by atoms with Crippen molar-refractivity contribution in [1.29, 1.82) is 0 Å². The molecule has 0 N–H and O–H groups in total. The molecular weight excluding hydrogens is 336 g/mol. The molecule has 0 bridgehead atoms. The number of aliphatic imine (C=N–C) groups is 1. The van der Waals surface area contributed by atoms with Crippen molar-refractivity contribution in [3.63, 3.8) is 0 Å². The maximum atomic E-state index is 4.44. The van der Waals surface area contributed by atoms with Gasteiger partial charge < -0.3 is 0 Å². The molecule has 0 saturated heterocycles. The highest BCUT2D eigenvalue weighted by Gasteiger charge is 2.32. The van der Waals surface area contributed by atoms with Crippen LogP contribution in [0.3, 0.4) is 0 Å². The number of halogens is 1. The van der Waals surface area contributed by atoms with Gasteiger partial charge in [-0.3, -0.25) is 4.98 Å². The summed E-state index contributed by atoms with van der Waals surface area (Å²) in [6.45, 7) is 4.35. The third kappa shape index (κ3) is 2.81. The van der Waals surface area contributed by atoms with E-state index in [1.165, 1.54) is 10.9 Å². The van der Waals surface area contributed by atoms with Crippen LogP contribution in [-0.4, -0.2) is 9.60 Å². The first-order valence-corrected chi connectivity index (χ1v) is 8.02. The SMILES string of the molecule is CC1(C)C(Br)=Nc2ccccc21.c1ccc2ncccc2c1. The van der Waals surface area contributed by atoms with E-state index in [1.54, 1.807) is 0 Å². The fraction of sp³-hybridized carbons (Fsp3) is 0.158. The first-order valence-electron chi connectivity index (χ1n) is 7.23. The van der Waals surface area contributed by atoms with E-state index in [-0.39, 0.29) is 5.41 Å². The smallest absolute Gasteiger partial charge is 0.0937 e. The topological polar surface area (TPSA) is 25.2 Å². The van der Waals surface area contributed by atoms with Crippen LogP contribution >= 0.6 is 15.9 Å². The molecule has 1 aliphatic rings. The molecule has 0 saturated carbocycles. The van der Waals surface area contributed by atoms with Gasteiger partial charge in [-0.25, -0.2) is 4.99 Å². The molecule has 3 aromatic rings. The van der Waals surface area contributed by atoms with Crippen LogP contribution < -0.4 is 0 Å². The van der Waals surface area contributed by atoms with Gasteiger partial charge in [0, 0.05) is 17.0 Å².